The van der Waals surface area contributed by atoms with Gasteiger partial charge in [-0.2, -0.15) is 0 Å². The second-order valence-electron chi connectivity index (χ2n) is 18.1. The lowest BCUT2D eigenvalue weighted by molar-refractivity contribution is -0.151. The lowest BCUT2D eigenvalue weighted by atomic mass is 9.47. The van der Waals surface area contributed by atoms with Crippen LogP contribution in [0, 0.1) is 52.3 Å². The maximum absolute atomic E-state index is 12.8. The first-order chi connectivity index (χ1) is 24.6. The Morgan fingerprint density at radius 3 is 2.16 bits per heavy atom. The van der Waals surface area contributed by atoms with Gasteiger partial charge in [0, 0.05) is 12.8 Å². The van der Waals surface area contributed by atoms with E-state index in [9.17, 15) is 4.79 Å². The van der Waals surface area contributed by atoms with Crippen LogP contribution in [0.15, 0.2) is 72.4 Å². The van der Waals surface area contributed by atoms with Gasteiger partial charge in [-0.25, -0.2) is 0 Å². The Kier molecular flexibility index (Phi) is 17.1. The van der Waals surface area contributed by atoms with Gasteiger partial charge in [-0.3, -0.25) is 4.79 Å². The van der Waals surface area contributed by atoms with E-state index in [0.29, 0.717) is 35.0 Å². The topological polar surface area (TPSA) is 26.3 Å². The number of hydrogen-bond donors (Lipinski definition) is 0. The molecule has 0 heterocycles. The highest BCUT2D eigenvalue weighted by molar-refractivity contribution is 5.69. The molecule has 9 unspecified atom stereocenters. The molecular formula is C49H78O2. The summed E-state index contributed by atoms with van der Waals surface area (Å²) in [5, 5.41) is 0. The van der Waals surface area contributed by atoms with E-state index in [0.717, 1.165) is 55.8 Å². The lowest BCUT2D eigenvalue weighted by Crippen LogP contribution is -2.51. The molecule has 0 amide bonds. The quantitative estimate of drug-likeness (QED) is 0.0547. The monoisotopic (exact) mass is 699 g/mol. The summed E-state index contributed by atoms with van der Waals surface area (Å²) < 4.78 is 6.12. The normalized spacial score (nSPS) is 32.2. The molecule has 0 spiro atoms. The van der Waals surface area contributed by atoms with Gasteiger partial charge in [-0.05, 0) is 129 Å². The number of carbonyl (C=O) groups excluding carboxylic acids is 1. The molecule has 0 radical (unpaired) electrons. The first kappa shape index (κ1) is 41.7. The fourth-order valence-corrected chi connectivity index (χ4v) is 10.8. The minimum absolute atomic E-state index is 0.0324. The van der Waals surface area contributed by atoms with Crippen molar-refractivity contribution in [2.45, 2.75) is 177 Å². The SMILES string of the molecule is CCCCC/C=C/C=C/C=C/C=C/CCCCCCCC(=O)OC1CCC2(C)C(=CCC3C2CCC2(C)C(C(C)/C=C/C(C)C(C)C)CCC32)C1. The zero-order valence-corrected chi connectivity index (χ0v) is 34.2. The van der Waals surface area contributed by atoms with E-state index >= 15 is 0 Å². The minimum atomic E-state index is 0.0324. The number of esters is 1. The Labute approximate surface area is 315 Å². The van der Waals surface area contributed by atoms with Gasteiger partial charge in [0.15, 0.2) is 0 Å². The van der Waals surface area contributed by atoms with Crippen molar-refractivity contribution in [1.29, 1.82) is 0 Å². The standard InChI is InChI=1S/C49H78O2/c1-8-9-10-11-12-13-14-15-16-17-18-19-20-21-22-23-24-25-26-47(50)51-42-33-35-48(6)41(37-42)29-30-43-45-32-31-44(49(45,7)36-34-46(43)48)40(5)28-27-39(4)38(2)3/h12-19,27-29,38-40,42-46H,8-11,20-26,30-37H2,1-7H3/b13-12+,15-14+,17-16+,19-18+,28-27+. The molecule has 0 N–H and O–H groups in total. The van der Waals surface area contributed by atoms with Gasteiger partial charge in [0.25, 0.3) is 0 Å². The summed E-state index contributed by atoms with van der Waals surface area (Å²) in [5.41, 5.74) is 2.41. The van der Waals surface area contributed by atoms with Crippen molar-refractivity contribution in [2.24, 2.45) is 52.3 Å². The zero-order chi connectivity index (χ0) is 36.7. The van der Waals surface area contributed by atoms with Crippen LogP contribution in [-0.2, 0) is 9.53 Å². The van der Waals surface area contributed by atoms with Crippen molar-refractivity contribution in [2.75, 3.05) is 0 Å². The van der Waals surface area contributed by atoms with Crippen molar-refractivity contribution in [3.05, 3.63) is 72.4 Å². The summed E-state index contributed by atoms with van der Waals surface area (Å²) >= 11 is 0. The lowest BCUT2D eigenvalue weighted by Gasteiger charge is -2.58. The van der Waals surface area contributed by atoms with Crippen molar-refractivity contribution < 1.29 is 9.53 Å². The van der Waals surface area contributed by atoms with Gasteiger partial charge in [-0.15, -0.1) is 0 Å². The molecule has 0 aromatic rings. The van der Waals surface area contributed by atoms with E-state index in [4.69, 9.17) is 4.74 Å². The van der Waals surface area contributed by atoms with Gasteiger partial charge >= 0.3 is 5.97 Å². The van der Waals surface area contributed by atoms with E-state index < -0.39 is 0 Å². The number of carbonyl (C=O) groups is 1. The molecule has 0 aliphatic heterocycles. The highest BCUT2D eigenvalue weighted by atomic mass is 16.5. The third kappa shape index (κ3) is 11.7. The summed E-state index contributed by atoms with van der Waals surface area (Å²) in [6.45, 7) is 17.1. The predicted molar refractivity (Wildman–Crippen MR) is 220 cm³/mol. The molecule has 51 heavy (non-hydrogen) atoms. The largest absolute Gasteiger partial charge is 0.462 e. The fraction of sp³-hybridized carbons (Fsp3) is 0.735. The van der Waals surface area contributed by atoms with Crippen molar-refractivity contribution in [3.63, 3.8) is 0 Å². The maximum Gasteiger partial charge on any atom is 0.306 e. The van der Waals surface area contributed by atoms with Crippen molar-refractivity contribution in [3.8, 4) is 0 Å². The average Bonchev–Trinajstić information content (AvgIpc) is 3.47. The molecule has 9 atom stereocenters. The molecule has 2 nitrogen and oxygen atoms in total. The van der Waals surface area contributed by atoms with E-state index in [1.807, 2.05) is 0 Å². The van der Waals surface area contributed by atoms with Crippen LogP contribution < -0.4 is 0 Å². The molecule has 0 aromatic carbocycles. The molecule has 4 aliphatic carbocycles. The van der Waals surface area contributed by atoms with Crippen LogP contribution >= 0.6 is 0 Å². The Morgan fingerprint density at radius 1 is 0.784 bits per heavy atom. The predicted octanol–water partition coefficient (Wildman–Crippen LogP) is 14.5. The van der Waals surface area contributed by atoms with Crippen LogP contribution in [-0.4, -0.2) is 12.1 Å². The molecule has 4 aliphatic rings. The minimum Gasteiger partial charge on any atom is -0.462 e. The zero-order valence-electron chi connectivity index (χ0n) is 34.2. The Balaban J connectivity index is 1.12. The van der Waals surface area contributed by atoms with Crippen LogP contribution in [0.25, 0.3) is 0 Å². The summed E-state index contributed by atoms with van der Waals surface area (Å²) in [5.74, 6) is 5.40. The molecule has 3 saturated carbocycles. The number of allylic oxidation sites excluding steroid dienone is 11. The second-order valence-corrected chi connectivity index (χ2v) is 18.1. The molecule has 0 bridgehead atoms. The van der Waals surface area contributed by atoms with E-state index in [1.165, 1.54) is 83.5 Å². The Morgan fingerprint density at radius 2 is 1.45 bits per heavy atom. The van der Waals surface area contributed by atoms with Crippen LogP contribution in [0.1, 0.15) is 170 Å². The fourth-order valence-electron chi connectivity index (χ4n) is 10.8. The highest BCUT2D eigenvalue weighted by Crippen LogP contribution is 2.67. The molecular weight excluding hydrogens is 621 g/mol. The summed E-state index contributed by atoms with van der Waals surface area (Å²) in [7, 11) is 0. The second kappa shape index (κ2) is 21.0. The number of ether oxygens (including phenoxy) is 1. The number of unbranched alkanes of at least 4 members (excludes halogenated alkanes) is 8. The average molecular weight is 699 g/mol. The van der Waals surface area contributed by atoms with E-state index in [2.05, 4.69) is 115 Å². The van der Waals surface area contributed by atoms with E-state index in [-0.39, 0.29) is 12.1 Å². The van der Waals surface area contributed by atoms with Gasteiger partial charge < -0.3 is 4.74 Å². The summed E-state index contributed by atoms with van der Waals surface area (Å²) in [6.07, 6.45) is 47.7. The van der Waals surface area contributed by atoms with Gasteiger partial charge in [0.05, 0.1) is 0 Å². The number of fused-ring (bicyclic) bond motifs is 5. The van der Waals surface area contributed by atoms with Crippen LogP contribution in [0.4, 0.5) is 0 Å². The molecule has 3 fully saturated rings. The third-order valence-corrected chi connectivity index (χ3v) is 14.4. The maximum atomic E-state index is 12.8. The Bertz CT molecular complexity index is 1230. The highest BCUT2D eigenvalue weighted by Gasteiger charge is 2.59. The van der Waals surface area contributed by atoms with E-state index in [1.54, 1.807) is 5.57 Å². The number of hydrogen-bond acceptors (Lipinski definition) is 2. The number of rotatable bonds is 20. The van der Waals surface area contributed by atoms with Crippen LogP contribution in [0.2, 0.25) is 0 Å². The summed E-state index contributed by atoms with van der Waals surface area (Å²) in [4.78, 5) is 12.8. The summed E-state index contributed by atoms with van der Waals surface area (Å²) in [6, 6.07) is 0. The molecule has 0 aromatic heterocycles. The van der Waals surface area contributed by atoms with Crippen LogP contribution in [0.3, 0.4) is 0 Å². The van der Waals surface area contributed by atoms with Gasteiger partial charge in [-0.1, -0.05) is 153 Å². The molecule has 4 rings (SSSR count). The molecule has 286 valence electrons. The van der Waals surface area contributed by atoms with Crippen molar-refractivity contribution >= 4 is 5.97 Å². The molecule has 0 saturated heterocycles. The Hall–Kier alpha value is -2.09. The first-order valence-electron chi connectivity index (χ1n) is 21.8. The third-order valence-electron chi connectivity index (χ3n) is 14.4. The van der Waals surface area contributed by atoms with Crippen LogP contribution in [0.5, 0.6) is 0 Å². The smallest absolute Gasteiger partial charge is 0.306 e. The molecule has 2 heteroatoms. The van der Waals surface area contributed by atoms with Gasteiger partial charge in [0.1, 0.15) is 6.10 Å². The van der Waals surface area contributed by atoms with Crippen molar-refractivity contribution in [1.82, 2.24) is 0 Å². The van der Waals surface area contributed by atoms with Gasteiger partial charge in [0.2, 0.25) is 0 Å². The first-order valence-corrected chi connectivity index (χ1v) is 21.8.